The van der Waals surface area contributed by atoms with Gasteiger partial charge in [0.2, 0.25) is 0 Å². The Morgan fingerprint density at radius 1 is 1.15 bits per heavy atom. The molecule has 2 aromatic carbocycles. The molecule has 0 atom stereocenters. The van der Waals surface area contributed by atoms with Crippen LogP contribution in [0.3, 0.4) is 0 Å². The zero-order valence-corrected chi connectivity index (χ0v) is 15.3. The van der Waals surface area contributed by atoms with Crippen LogP contribution in [0.2, 0.25) is 10.0 Å². The minimum absolute atomic E-state index is 0.204. The minimum atomic E-state index is -0.531. The molecule has 0 aliphatic rings. The van der Waals surface area contributed by atoms with E-state index in [1.165, 1.54) is 10.6 Å². The number of aryl methyl sites for hydroxylation is 1. The molecule has 0 amide bonds. The van der Waals surface area contributed by atoms with Gasteiger partial charge in [0.1, 0.15) is 5.75 Å². The van der Waals surface area contributed by atoms with Crippen molar-refractivity contribution in [1.29, 1.82) is 0 Å². The number of aromatic amines is 1. The van der Waals surface area contributed by atoms with Gasteiger partial charge in [-0.2, -0.15) is 0 Å². The number of H-pyrrole nitrogens is 1. The Morgan fingerprint density at radius 2 is 1.92 bits per heavy atom. The van der Waals surface area contributed by atoms with Crippen LogP contribution in [-0.4, -0.2) is 16.2 Å². The number of halogens is 2. The number of para-hydroxylation sites is 1. The number of fused-ring (bicyclic) bond motifs is 1. The van der Waals surface area contributed by atoms with Crippen molar-refractivity contribution in [3.8, 4) is 5.75 Å². The van der Waals surface area contributed by atoms with E-state index in [0.29, 0.717) is 36.7 Å². The summed E-state index contributed by atoms with van der Waals surface area (Å²) in [6.07, 6.45) is 0.546. The summed E-state index contributed by atoms with van der Waals surface area (Å²) in [5.41, 5.74) is 5.96. The van der Waals surface area contributed by atoms with Gasteiger partial charge in [-0.1, -0.05) is 41.4 Å². The molecule has 1 heterocycles. The standard InChI is InChI=1S/C18H17Cl2N3O3/c19-12-8-13(20)16-14(9-12)23(18(25)22-17(16)24)6-3-7-26-15-5-2-1-4-11(15)10-21/h1-2,4-5,8-9H,3,6-7,10,21H2,(H,22,24,25). The van der Waals surface area contributed by atoms with E-state index in [-0.39, 0.29) is 10.4 Å². The topological polar surface area (TPSA) is 90.1 Å². The van der Waals surface area contributed by atoms with Crippen LogP contribution >= 0.6 is 23.2 Å². The number of hydrogen-bond donors (Lipinski definition) is 2. The van der Waals surface area contributed by atoms with Gasteiger partial charge in [-0.3, -0.25) is 14.3 Å². The number of hydrogen-bond acceptors (Lipinski definition) is 4. The first-order chi connectivity index (χ1) is 12.5. The number of nitrogens with zero attached hydrogens (tertiary/aromatic N) is 1. The predicted molar refractivity (Wildman–Crippen MR) is 103 cm³/mol. The van der Waals surface area contributed by atoms with E-state index in [0.717, 1.165) is 11.3 Å². The van der Waals surface area contributed by atoms with Gasteiger partial charge in [0.25, 0.3) is 5.56 Å². The summed E-state index contributed by atoms with van der Waals surface area (Å²) in [6.45, 7) is 1.11. The molecule has 0 aliphatic heterocycles. The molecule has 3 rings (SSSR count). The Kier molecular flexibility index (Phi) is 5.66. The van der Waals surface area contributed by atoms with Gasteiger partial charge >= 0.3 is 5.69 Å². The van der Waals surface area contributed by atoms with Crippen molar-refractivity contribution in [2.75, 3.05) is 6.61 Å². The number of rotatable bonds is 6. The number of ether oxygens (including phenoxy) is 1. The third-order valence-corrected chi connectivity index (χ3v) is 4.51. The smallest absolute Gasteiger partial charge is 0.328 e. The Morgan fingerprint density at radius 3 is 2.69 bits per heavy atom. The van der Waals surface area contributed by atoms with E-state index in [2.05, 4.69) is 4.98 Å². The maximum Gasteiger partial charge on any atom is 0.328 e. The van der Waals surface area contributed by atoms with Crippen LogP contribution in [0.15, 0.2) is 46.0 Å². The highest BCUT2D eigenvalue weighted by molar-refractivity contribution is 6.38. The average molecular weight is 394 g/mol. The fourth-order valence-corrected chi connectivity index (χ4v) is 3.34. The van der Waals surface area contributed by atoms with E-state index in [1.807, 2.05) is 24.3 Å². The molecule has 0 aliphatic carbocycles. The van der Waals surface area contributed by atoms with Gasteiger partial charge in [0.05, 0.1) is 22.5 Å². The molecule has 26 heavy (non-hydrogen) atoms. The molecule has 1 aromatic heterocycles. The van der Waals surface area contributed by atoms with Crippen molar-refractivity contribution in [2.24, 2.45) is 5.73 Å². The van der Waals surface area contributed by atoms with Crippen molar-refractivity contribution in [2.45, 2.75) is 19.5 Å². The molecule has 0 radical (unpaired) electrons. The largest absolute Gasteiger partial charge is 0.493 e. The van der Waals surface area contributed by atoms with E-state index < -0.39 is 11.2 Å². The molecule has 6 nitrogen and oxygen atoms in total. The normalized spacial score (nSPS) is 11.0. The van der Waals surface area contributed by atoms with Crippen LogP contribution in [0.25, 0.3) is 10.9 Å². The van der Waals surface area contributed by atoms with Crippen molar-refractivity contribution in [3.63, 3.8) is 0 Å². The number of nitrogens with two attached hydrogens (primary N) is 1. The molecule has 3 aromatic rings. The van der Waals surface area contributed by atoms with Crippen LogP contribution in [0.4, 0.5) is 0 Å². The molecule has 0 spiro atoms. The summed E-state index contributed by atoms with van der Waals surface area (Å²) in [5, 5.41) is 0.801. The Labute approximate surface area is 159 Å². The quantitative estimate of drug-likeness (QED) is 0.629. The van der Waals surface area contributed by atoms with Crippen molar-refractivity contribution in [3.05, 3.63) is 72.8 Å². The van der Waals surface area contributed by atoms with Gasteiger partial charge in [-0.15, -0.1) is 0 Å². The zero-order valence-electron chi connectivity index (χ0n) is 13.8. The zero-order chi connectivity index (χ0) is 18.7. The fraction of sp³-hybridized carbons (Fsp3) is 0.222. The number of benzene rings is 2. The van der Waals surface area contributed by atoms with Crippen LogP contribution in [0.1, 0.15) is 12.0 Å². The van der Waals surface area contributed by atoms with Crippen molar-refractivity contribution in [1.82, 2.24) is 9.55 Å². The van der Waals surface area contributed by atoms with Crippen LogP contribution in [-0.2, 0) is 13.1 Å². The molecule has 3 N–H and O–H groups in total. The van der Waals surface area contributed by atoms with Gasteiger partial charge < -0.3 is 10.5 Å². The molecular weight excluding hydrogens is 377 g/mol. The molecule has 0 unspecified atom stereocenters. The molecular formula is C18H17Cl2N3O3. The summed E-state index contributed by atoms with van der Waals surface area (Å²) in [4.78, 5) is 26.5. The number of nitrogens with one attached hydrogen (secondary N) is 1. The highest BCUT2D eigenvalue weighted by Crippen LogP contribution is 2.24. The van der Waals surface area contributed by atoms with Gasteiger partial charge in [-0.05, 0) is 24.6 Å². The fourth-order valence-electron chi connectivity index (χ4n) is 2.77. The lowest BCUT2D eigenvalue weighted by atomic mass is 10.2. The Bertz CT molecular complexity index is 1060. The third kappa shape index (κ3) is 3.77. The maximum absolute atomic E-state index is 12.2. The van der Waals surface area contributed by atoms with Gasteiger partial charge in [0, 0.05) is 23.7 Å². The van der Waals surface area contributed by atoms with E-state index in [1.54, 1.807) is 6.07 Å². The lowest BCUT2D eigenvalue weighted by Gasteiger charge is -2.12. The lowest BCUT2D eigenvalue weighted by Crippen LogP contribution is -2.31. The lowest BCUT2D eigenvalue weighted by molar-refractivity contribution is 0.298. The minimum Gasteiger partial charge on any atom is -0.493 e. The summed E-state index contributed by atoms with van der Waals surface area (Å²) >= 11 is 12.1. The van der Waals surface area contributed by atoms with Gasteiger partial charge in [-0.25, -0.2) is 4.79 Å². The van der Waals surface area contributed by atoms with Crippen molar-refractivity contribution < 1.29 is 4.74 Å². The summed E-state index contributed by atoms with van der Waals surface area (Å²) in [5.74, 6) is 0.722. The van der Waals surface area contributed by atoms with Gasteiger partial charge in [0.15, 0.2) is 0 Å². The van der Waals surface area contributed by atoms with E-state index >= 15 is 0 Å². The third-order valence-electron chi connectivity index (χ3n) is 3.99. The first-order valence-corrected chi connectivity index (χ1v) is 8.79. The van der Waals surface area contributed by atoms with Crippen LogP contribution in [0.5, 0.6) is 5.75 Å². The first kappa shape index (κ1) is 18.5. The summed E-state index contributed by atoms with van der Waals surface area (Å²) < 4.78 is 7.19. The van der Waals surface area contributed by atoms with Crippen LogP contribution in [0, 0.1) is 0 Å². The molecule has 0 bridgehead atoms. The number of aromatic nitrogens is 2. The Hall–Kier alpha value is -2.28. The van der Waals surface area contributed by atoms with E-state index in [9.17, 15) is 9.59 Å². The first-order valence-electron chi connectivity index (χ1n) is 8.04. The summed E-state index contributed by atoms with van der Waals surface area (Å²) in [6, 6.07) is 10.6. The predicted octanol–water partition coefficient (Wildman–Crippen LogP) is 2.92. The highest BCUT2D eigenvalue weighted by Gasteiger charge is 2.12. The molecule has 0 saturated heterocycles. The second-order valence-corrected chi connectivity index (χ2v) is 6.55. The van der Waals surface area contributed by atoms with E-state index in [4.69, 9.17) is 33.7 Å². The molecule has 0 fully saturated rings. The van der Waals surface area contributed by atoms with Crippen molar-refractivity contribution >= 4 is 34.1 Å². The SMILES string of the molecule is NCc1ccccc1OCCCn1c(=O)[nH]c(=O)c2c(Cl)cc(Cl)cc21. The molecule has 8 heteroatoms. The van der Waals surface area contributed by atoms with Crippen LogP contribution < -0.4 is 21.7 Å². The Balaban J connectivity index is 1.81. The average Bonchev–Trinajstić information content (AvgIpc) is 2.60. The monoisotopic (exact) mass is 393 g/mol. The second kappa shape index (κ2) is 7.95. The molecule has 0 saturated carbocycles. The second-order valence-electron chi connectivity index (χ2n) is 5.71. The maximum atomic E-state index is 12.2. The molecule has 136 valence electrons. The highest BCUT2D eigenvalue weighted by atomic mass is 35.5. The summed E-state index contributed by atoms with van der Waals surface area (Å²) in [7, 11) is 0.